The van der Waals surface area contributed by atoms with Crippen molar-refractivity contribution in [3.63, 3.8) is 0 Å². The molecule has 1 saturated heterocycles. The molecule has 1 aliphatic carbocycles. The Hall–Kier alpha value is -2.67. The first-order valence-electron chi connectivity index (χ1n) is 9.57. The van der Waals surface area contributed by atoms with Crippen molar-refractivity contribution < 1.29 is 23.9 Å². The van der Waals surface area contributed by atoms with Crippen molar-refractivity contribution >= 4 is 35.3 Å². The predicted octanol–water partition coefficient (Wildman–Crippen LogP) is 2.40. The molecule has 1 aromatic rings. The van der Waals surface area contributed by atoms with E-state index < -0.39 is 18.5 Å². The van der Waals surface area contributed by atoms with E-state index in [1.807, 2.05) is 18.2 Å². The Morgan fingerprint density at radius 1 is 1.21 bits per heavy atom. The minimum atomic E-state index is -0.635. The molecule has 1 fully saturated rings. The topological polar surface area (TPSA) is 92.8 Å². The second-order valence-electron chi connectivity index (χ2n) is 7.24. The molecule has 3 rings (SSSR count). The van der Waals surface area contributed by atoms with Crippen molar-refractivity contribution in [3.8, 4) is 0 Å². The number of halogens is 1. The van der Waals surface area contributed by atoms with Crippen LogP contribution in [0.4, 0.5) is 0 Å². The number of esters is 1. The molecule has 29 heavy (non-hydrogen) atoms. The minimum absolute atomic E-state index is 0.0238. The molecule has 0 saturated carbocycles. The standard InChI is InChI=1S/C21H23ClN2O5/c1-13(14-5-4-6-15(22)11-14)23-18(25)12-29-19(26)9-10-24-20(27)16-7-2-3-8-17(16)21(24)28/h2-6,11,13,16-17H,7-10,12H2,1H3,(H,23,25)/t13-,16+,17+/m1/s1. The summed E-state index contributed by atoms with van der Waals surface area (Å²) in [5.41, 5.74) is 0.833. The summed E-state index contributed by atoms with van der Waals surface area (Å²) in [4.78, 5) is 49.8. The number of rotatable bonds is 7. The van der Waals surface area contributed by atoms with Crippen molar-refractivity contribution in [3.05, 3.63) is 47.0 Å². The number of imide groups is 1. The maximum atomic E-state index is 12.4. The van der Waals surface area contributed by atoms with E-state index >= 15 is 0 Å². The molecule has 7 nitrogen and oxygen atoms in total. The first-order chi connectivity index (χ1) is 13.9. The van der Waals surface area contributed by atoms with Gasteiger partial charge in [-0.25, -0.2) is 0 Å². The normalized spacial score (nSPS) is 21.7. The lowest BCUT2D eigenvalue weighted by atomic mass is 9.85. The van der Waals surface area contributed by atoms with Crippen LogP contribution in [0.3, 0.4) is 0 Å². The fraction of sp³-hybridized carbons (Fsp3) is 0.429. The highest BCUT2D eigenvalue weighted by atomic mass is 35.5. The summed E-state index contributed by atoms with van der Waals surface area (Å²) in [6.07, 6.45) is 4.80. The zero-order valence-corrected chi connectivity index (χ0v) is 16.9. The first kappa shape index (κ1) is 21.0. The van der Waals surface area contributed by atoms with E-state index in [1.54, 1.807) is 25.1 Å². The van der Waals surface area contributed by atoms with Gasteiger partial charge in [0.1, 0.15) is 0 Å². The first-order valence-corrected chi connectivity index (χ1v) is 9.95. The molecule has 1 N–H and O–H groups in total. The molecule has 154 valence electrons. The molecule has 3 amide bonds. The summed E-state index contributed by atoms with van der Waals surface area (Å²) in [5.74, 6) is -2.18. The lowest BCUT2D eigenvalue weighted by Crippen LogP contribution is -2.34. The Morgan fingerprint density at radius 2 is 1.86 bits per heavy atom. The fourth-order valence-electron chi connectivity index (χ4n) is 3.65. The van der Waals surface area contributed by atoms with E-state index in [9.17, 15) is 19.2 Å². The SMILES string of the molecule is C[C@@H](NC(=O)COC(=O)CCN1C(=O)[C@H]2CC=CC[C@@H]2C1=O)c1cccc(Cl)c1. The van der Waals surface area contributed by atoms with Crippen molar-refractivity contribution in [2.75, 3.05) is 13.2 Å². The molecule has 0 spiro atoms. The van der Waals surface area contributed by atoms with E-state index in [2.05, 4.69) is 5.32 Å². The Balaban J connectivity index is 1.41. The number of allylic oxidation sites excluding steroid dienone is 2. The van der Waals surface area contributed by atoms with E-state index in [-0.39, 0.29) is 42.7 Å². The zero-order chi connectivity index (χ0) is 21.0. The maximum Gasteiger partial charge on any atom is 0.308 e. The van der Waals surface area contributed by atoms with Gasteiger partial charge < -0.3 is 10.1 Å². The molecule has 1 aliphatic heterocycles. The summed E-state index contributed by atoms with van der Waals surface area (Å²) in [6, 6.07) is 6.81. The van der Waals surface area contributed by atoms with Crippen LogP contribution in [0.15, 0.2) is 36.4 Å². The average molecular weight is 419 g/mol. The molecular weight excluding hydrogens is 396 g/mol. The van der Waals surface area contributed by atoms with Gasteiger partial charge in [0, 0.05) is 11.6 Å². The Kier molecular flexibility index (Phi) is 6.69. The van der Waals surface area contributed by atoms with Crippen LogP contribution < -0.4 is 5.32 Å². The van der Waals surface area contributed by atoms with E-state index in [0.717, 1.165) is 10.5 Å². The summed E-state index contributed by atoms with van der Waals surface area (Å²) in [6.45, 7) is 1.34. The minimum Gasteiger partial charge on any atom is -0.456 e. The molecule has 8 heteroatoms. The molecule has 1 aromatic carbocycles. The van der Waals surface area contributed by atoms with Gasteiger partial charge in [0.15, 0.2) is 6.61 Å². The van der Waals surface area contributed by atoms with Gasteiger partial charge in [-0.05, 0) is 37.5 Å². The van der Waals surface area contributed by atoms with Crippen LogP contribution in [-0.2, 0) is 23.9 Å². The molecule has 2 aliphatic rings. The van der Waals surface area contributed by atoms with E-state index in [1.165, 1.54) is 0 Å². The van der Waals surface area contributed by atoms with Gasteiger partial charge >= 0.3 is 5.97 Å². The van der Waals surface area contributed by atoms with Gasteiger partial charge in [0.25, 0.3) is 5.91 Å². The smallest absolute Gasteiger partial charge is 0.308 e. The highest BCUT2D eigenvalue weighted by Gasteiger charge is 2.46. The van der Waals surface area contributed by atoms with E-state index in [0.29, 0.717) is 17.9 Å². The predicted molar refractivity (Wildman–Crippen MR) is 106 cm³/mol. The third-order valence-corrected chi connectivity index (χ3v) is 5.46. The van der Waals surface area contributed by atoms with Crippen LogP contribution in [0.2, 0.25) is 5.02 Å². The average Bonchev–Trinajstić information content (AvgIpc) is 2.95. The molecule has 0 unspecified atom stereocenters. The molecular formula is C21H23ClN2O5. The third-order valence-electron chi connectivity index (χ3n) is 5.23. The van der Waals surface area contributed by atoms with E-state index in [4.69, 9.17) is 16.3 Å². The molecule has 0 aromatic heterocycles. The number of benzene rings is 1. The molecule has 0 bridgehead atoms. The van der Waals surface area contributed by atoms with Crippen molar-refractivity contribution in [1.29, 1.82) is 0 Å². The summed E-state index contributed by atoms with van der Waals surface area (Å²) < 4.78 is 4.97. The summed E-state index contributed by atoms with van der Waals surface area (Å²) >= 11 is 5.94. The number of carbonyl (C=O) groups excluding carboxylic acids is 4. The highest BCUT2D eigenvalue weighted by Crippen LogP contribution is 2.35. The lowest BCUT2D eigenvalue weighted by Gasteiger charge is -2.16. The Morgan fingerprint density at radius 3 is 2.48 bits per heavy atom. The van der Waals surface area contributed by atoms with Gasteiger partial charge in [-0.1, -0.05) is 35.9 Å². The third kappa shape index (κ3) is 5.03. The van der Waals surface area contributed by atoms with Gasteiger partial charge in [0.05, 0.1) is 24.3 Å². The second-order valence-corrected chi connectivity index (χ2v) is 7.68. The highest BCUT2D eigenvalue weighted by molar-refractivity contribution is 6.30. The number of ether oxygens (including phenoxy) is 1. The van der Waals surface area contributed by atoms with Gasteiger partial charge in [-0.3, -0.25) is 24.1 Å². The molecule has 1 heterocycles. The monoisotopic (exact) mass is 418 g/mol. The van der Waals surface area contributed by atoms with Gasteiger partial charge in [0.2, 0.25) is 11.8 Å². The zero-order valence-electron chi connectivity index (χ0n) is 16.1. The van der Waals surface area contributed by atoms with Gasteiger partial charge in [-0.2, -0.15) is 0 Å². The molecule has 0 radical (unpaired) electrons. The number of fused-ring (bicyclic) bond motifs is 1. The van der Waals surface area contributed by atoms with Crippen molar-refractivity contribution in [2.24, 2.45) is 11.8 Å². The quantitative estimate of drug-likeness (QED) is 0.417. The number of nitrogens with one attached hydrogen (secondary N) is 1. The summed E-state index contributed by atoms with van der Waals surface area (Å²) in [5, 5.41) is 3.29. The van der Waals surface area contributed by atoms with Crippen molar-refractivity contribution in [1.82, 2.24) is 10.2 Å². The second kappa shape index (κ2) is 9.22. The Bertz CT molecular complexity index is 827. The number of amides is 3. The largest absolute Gasteiger partial charge is 0.456 e. The number of likely N-dealkylation sites (tertiary alicyclic amines) is 1. The van der Waals surface area contributed by atoms with Crippen LogP contribution in [0.1, 0.15) is 37.8 Å². The number of hydrogen-bond acceptors (Lipinski definition) is 5. The lowest BCUT2D eigenvalue weighted by molar-refractivity contribution is -0.150. The van der Waals surface area contributed by atoms with Crippen LogP contribution >= 0.6 is 11.6 Å². The van der Waals surface area contributed by atoms with Crippen molar-refractivity contribution in [2.45, 2.75) is 32.2 Å². The molecule has 3 atom stereocenters. The van der Waals surface area contributed by atoms with Crippen LogP contribution in [0.5, 0.6) is 0 Å². The number of hydrogen-bond donors (Lipinski definition) is 1. The van der Waals surface area contributed by atoms with Crippen LogP contribution in [0.25, 0.3) is 0 Å². The maximum absolute atomic E-state index is 12.4. The van der Waals surface area contributed by atoms with Gasteiger partial charge in [-0.15, -0.1) is 0 Å². The van der Waals surface area contributed by atoms with Crippen LogP contribution in [0, 0.1) is 11.8 Å². The number of nitrogens with zero attached hydrogens (tertiary/aromatic N) is 1. The summed E-state index contributed by atoms with van der Waals surface area (Å²) in [7, 11) is 0. The fourth-order valence-corrected chi connectivity index (χ4v) is 3.85. The number of carbonyl (C=O) groups is 4. The Labute approximate surface area is 174 Å². The van der Waals surface area contributed by atoms with Crippen LogP contribution in [-0.4, -0.2) is 41.7 Å².